The maximum absolute atomic E-state index is 9.40. The van der Waals surface area contributed by atoms with Gasteiger partial charge in [-0.15, -0.1) is 0 Å². The van der Waals surface area contributed by atoms with Gasteiger partial charge in [0.2, 0.25) is 0 Å². The first-order valence-electron chi connectivity index (χ1n) is 8.82. The fraction of sp³-hybridized carbons (Fsp3) is 0.429. The van der Waals surface area contributed by atoms with Crippen molar-refractivity contribution in [1.29, 1.82) is 0 Å². The van der Waals surface area contributed by atoms with Gasteiger partial charge in [-0.3, -0.25) is 0 Å². The number of aliphatic hydroxyl groups is 1. The third kappa shape index (κ3) is 4.30. The van der Waals surface area contributed by atoms with E-state index in [0.29, 0.717) is 0 Å². The summed E-state index contributed by atoms with van der Waals surface area (Å²) in [6.45, 7) is 6.01. The average Bonchev–Trinajstić information content (AvgIpc) is 3.30. The van der Waals surface area contributed by atoms with Crippen molar-refractivity contribution in [3.8, 4) is 22.6 Å². The maximum Gasteiger partial charge on any atom is 0.158 e. The molecule has 2 aromatic rings. The Bertz CT molecular complexity index is 666. The summed E-state index contributed by atoms with van der Waals surface area (Å²) in [7, 11) is 0. The first-order valence-corrected chi connectivity index (χ1v) is 8.82. The zero-order valence-corrected chi connectivity index (χ0v) is 14.7. The topological polar surface area (TPSA) is 60.7 Å². The van der Waals surface area contributed by atoms with E-state index >= 15 is 0 Å². The lowest BCUT2D eigenvalue weighted by atomic mass is 10.0. The van der Waals surface area contributed by atoms with E-state index in [9.17, 15) is 10.2 Å². The molecule has 2 aliphatic carbocycles. The van der Waals surface area contributed by atoms with Gasteiger partial charge in [-0.05, 0) is 66.8 Å². The minimum atomic E-state index is -0.0904. The third-order valence-electron chi connectivity index (χ3n) is 4.74. The number of aromatic hydroxyl groups is 2. The van der Waals surface area contributed by atoms with Crippen molar-refractivity contribution in [2.24, 2.45) is 11.8 Å². The molecule has 2 saturated carbocycles. The summed E-state index contributed by atoms with van der Waals surface area (Å²) in [5.74, 6) is 1.50. The molecule has 0 saturated heterocycles. The Hall–Kier alpha value is -2.00. The monoisotopic (exact) mass is 328 g/mol. The molecule has 0 radical (unpaired) electrons. The van der Waals surface area contributed by atoms with Crippen LogP contribution < -0.4 is 0 Å². The summed E-state index contributed by atoms with van der Waals surface area (Å²) in [4.78, 5) is 0. The lowest BCUT2D eigenvalue weighted by molar-refractivity contribution is 0.159. The van der Waals surface area contributed by atoms with Crippen LogP contribution in [0.15, 0.2) is 42.5 Å². The highest BCUT2D eigenvalue weighted by atomic mass is 16.3. The second kappa shape index (κ2) is 8.20. The van der Waals surface area contributed by atoms with Gasteiger partial charge in [-0.1, -0.05) is 44.2 Å². The second-order valence-corrected chi connectivity index (χ2v) is 6.32. The number of phenolic OH excluding ortho intramolecular Hbond substituents is 2. The van der Waals surface area contributed by atoms with Crippen LogP contribution in [0.2, 0.25) is 0 Å². The van der Waals surface area contributed by atoms with E-state index in [1.54, 1.807) is 12.1 Å². The van der Waals surface area contributed by atoms with Gasteiger partial charge in [-0.2, -0.15) is 0 Å². The highest BCUT2D eigenvalue weighted by Crippen LogP contribution is 2.51. The summed E-state index contributed by atoms with van der Waals surface area (Å²) in [5.41, 5.74) is 3.11. The molecular weight excluding hydrogens is 300 g/mol. The normalized spacial score (nSPS) is 23.2. The van der Waals surface area contributed by atoms with Crippen LogP contribution in [0.4, 0.5) is 0 Å². The number of aliphatic hydroxyl groups excluding tert-OH is 1. The van der Waals surface area contributed by atoms with Gasteiger partial charge in [0, 0.05) is 0 Å². The van der Waals surface area contributed by atoms with Gasteiger partial charge in [0.25, 0.3) is 0 Å². The van der Waals surface area contributed by atoms with E-state index in [1.807, 2.05) is 45.0 Å². The summed E-state index contributed by atoms with van der Waals surface area (Å²) >= 11 is 0. The Morgan fingerprint density at radius 3 is 2.08 bits per heavy atom. The zero-order valence-electron chi connectivity index (χ0n) is 14.7. The number of rotatable bonds is 1. The molecule has 2 fully saturated rings. The molecule has 0 amide bonds. The summed E-state index contributed by atoms with van der Waals surface area (Å²) in [6, 6.07) is 12.8. The van der Waals surface area contributed by atoms with Crippen molar-refractivity contribution in [1.82, 2.24) is 0 Å². The highest BCUT2D eigenvalue weighted by Gasteiger charge is 2.47. The molecular formula is C21H28O3. The highest BCUT2D eigenvalue weighted by molar-refractivity contribution is 5.69. The van der Waals surface area contributed by atoms with E-state index in [1.165, 1.54) is 18.9 Å². The average molecular weight is 328 g/mol. The molecule has 3 atom stereocenters. The standard InChI is InChI=1S/C13H12O2.C6H10O.C2H6/c1-9-4-2-3-5-11(9)10-6-7-12(14)13(15)8-10;7-6-2-1-4-3-5(4)6;1-2/h2-8,14-15H,1H3;4-7H,1-3H2;1-2H3. The van der Waals surface area contributed by atoms with Crippen molar-refractivity contribution in [3.63, 3.8) is 0 Å². The fourth-order valence-electron chi connectivity index (χ4n) is 3.26. The van der Waals surface area contributed by atoms with Crippen LogP contribution in [-0.4, -0.2) is 21.4 Å². The van der Waals surface area contributed by atoms with Crippen molar-refractivity contribution < 1.29 is 15.3 Å². The van der Waals surface area contributed by atoms with Crippen LogP contribution in [0.5, 0.6) is 11.5 Å². The Labute approximate surface area is 144 Å². The van der Waals surface area contributed by atoms with Gasteiger partial charge >= 0.3 is 0 Å². The van der Waals surface area contributed by atoms with Crippen molar-refractivity contribution in [2.45, 2.75) is 46.1 Å². The van der Waals surface area contributed by atoms with Gasteiger partial charge in [0.1, 0.15) is 0 Å². The van der Waals surface area contributed by atoms with E-state index in [0.717, 1.165) is 34.9 Å². The molecule has 3 heteroatoms. The maximum atomic E-state index is 9.40. The van der Waals surface area contributed by atoms with E-state index < -0.39 is 0 Å². The fourth-order valence-corrected chi connectivity index (χ4v) is 3.26. The molecule has 2 aromatic carbocycles. The molecule has 0 heterocycles. The van der Waals surface area contributed by atoms with Crippen molar-refractivity contribution in [3.05, 3.63) is 48.0 Å². The number of hydrogen-bond acceptors (Lipinski definition) is 3. The van der Waals surface area contributed by atoms with E-state index in [4.69, 9.17) is 5.11 Å². The first kappa shape index (κ1) is 18.3. The van der Waals surface area contributed by atoms with E-state index in [-0.39, 0.29) is 17.6 Å². The smallest absolute Gasteiger partial charge is 0.158 e. The molecule has 3 nitrogen and oxygen atoms in total. The molecule has 3 N–H and O–H groups in total. The largest absolute Gasteiger partial charge is 0.504 e. The van der Waals surface area contributed by atoms with Gasteiger partial charge in [-0.25, -0.2) is 0 Å². The number of hydrogen-bond donors (Lipinski definition) is 3. The minimum absolute atomic E-state index is 0.0873. The molecule has 0 aliphatic heterocycles. The SMILES string of the molecule is CC.Cc1ccccc1-c1ccc(O)c(O)c1.OC1CCC2CC12. The Kier molecular flexibility index (Phi) is 6.27. The molecule has 0 aromatic heterocycles. The third-order valence-corrected chi connectivity index (χ3v) is 4.74. The van der Waals surface area contributed by atoms with Crippen LogP contribution in [-0.2, 0) is 0 Å². The Balaban J connectivity index is 0.000000191. The first-order chi connectivity index (χ1) is 11.6. The summed E-state index contributed by atoms with van der Waals surface area (Å²) in [6.07, 6.45) is 3.78. The molecule has 3 unspecified atom stereocenters. The number of phenols is 2. The zero-order chi connectivity index (χ0) is 17.7. The predicted octanol–water partition coefficient (Wildman–Crippen LogP) is 4.88. The number of fused-ring (bicyclic) bond motifs is 1. The molecule has 24 heavy (non-hydrogen) atoms. The lowest BCUT2D eigenvalue weighted by Crippen LogP contribution is -2.02. The van der Waals surface area contributed by atoms with Gasteiger partial charge in [0.05, 0.1) is 6.10 Å². The van der Waals surface area contributed by atoms with Crippen LogP contribution in [0, 0.1) is 18.8 Å². The Morgan fingerprint density at radius 2 is 1.62 bits per heavy atom. The predicted molar refractivity (Wildman–Crippen MR) is 98.1 cm³/mol. The summed E-state index contributed by atoms with van der Waals surface area (Å²) in [5, 5.41) is 27.7. The number of benzene rings is 2. The van der Waals surface area contributed by atoms with Crippen molar-refractivity contribution in [2.75, 3.05) is 0 Å². The Morgan fingerprint density at radius 1 is 0.917 bits per heavy atom. The van der Waals surface area contributed by atoms with Crippen molar-refractivity contribution >= 4 is 0 Å². The van der Waals surface area contributed by atoms with Crippen LogP contribution >= 0.6 is 0 Å². The number of aryl methyl sites for hydroxylation is 1. The van der Waals surface area contributed by atoms with Gasteiger partial charge < -0.3 is 15.3 Å². The quantitative estimate of drug-likeness (QED) is 0.654. The lowest BCUT2D eigenvalue weighted by Gasteiger charge is -2.06. The molecule has 0 bridgehead atoms. The molecule has 130 valence electrons. The van der Waals surface area contributed by atoms with Crippen LogP contribution in [0.1, 0.15) is 38.7 Å². The molecule has 2 aliphatic rings. The van der Waals surface area contributed by atoms with Gasteiger partial charge in [0.15, 0.2) is 11.5 Å². The van der Waals surface area contributed by atoms with Crippen LogP contribution in [0.3, 0.4) is 0 Å². The minimum Gasteiger partial charge on any atom is -0.504 e. The van der Waals surface area contributed by atoms with E-state index in [2.05, 4.69) is 0 Å². The van der Waals surface area contributed by atoms with Crippen LogP contribution in [0.25, 0.3) is 11.1 Å². The molecule has 4 rings (SSSR count). The molecule has 0 spiro atoms. The second-order valence-electron chi connectivity index (χ2n) is 6.32. The summed E-state index contributed by atoms with van der Waals surface area (Å²) < 4.78 is 0.